The van der Waals surface area contributed by atoms with E-state index >= 15 is 0 Å². The Balaban J connectivity index is 2.10. The Hall–Kier alpha value is -2.98. The highest BCUT2D eigenvalue weighted by Crippen LogP contribution is 2.24. The molecule has 0 bridgehead atoms. The summed E-state index contributed by atoms with van der Waals surface area (Å²) in [5, 5.41) is 13.7. The number of carbonyl (C=O) groups excluding carboxylic acids is 1. The molecule has 2 aromatic carbocycles. The minimum Gasteiger partial charge on any atom is -0.385 e. The van der Waals surface area contributed by atoms with Crippen LogP contribution in [0.2, 0.25) is 0 Å². The van der Waals surface area contributed by atoms with Gasteiger partial charge in [0.2, 0.25) is 0 Å². The quantitative estimate of drug-likeness (QED) is 0.373. The molecule has 150 valence electrons. The van der Waals surface area contributed by atoms with Gasteiger partial charge in [-0.2, -0.15) is 0 Å². The van der Waals surface area contributed by atoms with E-state index in [1.165, 1.54) is 43.3 Å². The van der Waals surface area contributed by atoms with E-state index in [1.807, 2.05) is 0 Å². The Labute approximate surface area is 162 Å². The first-order chi connectivity index (χ1) is 13.2. The Kier molecular flexibility index (Phi) is 7.07. The average molecular weight is 407 g/mol. The standard InChI is InChI=1S/C18H21N3O6S/c1-13-4-9-16(12-17(13)21(23)24)28(25,26)20-15-7-5-14(6-8-15)18(22)19-10-3-11-27-2/h4-9,12,20H,3,10-11H2,1-2H3,(H,19,22). The number of nitro benzene ring substituents is 1. The Bertz CT molecular complexity index is 958. The second-order valence-electron chi connectivity index (χ2n) is 5.99. The van der Waals surface area contributed by atoms with Gasteiger partial charge in [-0.25, -0.2) is 8.42 Å². The molecule has 0 radical (unpaired) electrons. The van der Waals surface area contributed by atoms with Crippen molar-refractivity contribution in [1.82, 2.24) is 5.32 Å². The van der Waals surface area contributed by atoms with Gasteiger partial charge in [0.1, 0.15) is 0 Å². The van der Waals surface area contributed by atoms with Crippen molar-refractivity contribution in [2.45, 2.75) is 18.2 Å². The molecule has 0 aliphatic heterocycles. The van der Waals surface area contributed by atoms with Gasteiger partial charge >= 0.3 is 0 Å². The van der Waals surface area contributed by atoms with Crippen LogP contribution < -0.4 is 10.0 Å². The smallest absolute Gasteiger partial charge is 0.273 e. The van der Waals surface area contributed by atoms with Crippen LogP contribution in [0.1, 0.15) is 22.3 Å². The lowest BCUT2D eigenvalue weighted by Gasteiger charge is -2.10. The molecule has 28 heavy (non-hydrogen) atoms. The van der Waals surface area contributed by atoms with Crippen molar-refractivity contribution >= 4 is 27.3 Å². The van der Waals surface area contributed by atoms with E-state index in [0.29, 0.717) is 30.7 Å². The Morgan fingerprint density at radius 2 is 1.86 bits per heavy atom. The second-order valence-corrected chi connectivity index (χ2v) is 7.67. The molecule has 0 fully saturated rings. The maximum absolute atomic E-state index is 12.5. The van der Waals surface area contributed by atoms with Gasteiger partial charge in [0, 0.05) is 43.1 Å². The monoisotopic (exact) mass is 407 g/mol. The van der Waals surface area contributed by atoms with Gasteiger partial charge in [-0.15, -0.1) is 0 Å². The highest BCUT2D eigenvalue weighted by atomic mass is 32.2. The number of amides is 1. The van der Waals surface area contributed by atoms with Crippen LogP contribution in [0.5, 0.6) is 0 Å². The van der Waals surface area contributed by atoms with Crippen LogP contribution in [-0.4, -0.2) is 39.5 Å². The lowest BCUT2D eigenvalue weighted by molar-refractivity contribution is -0.385. The van der Waals surface area contributed by atoms with Gasteiger partial charge < -0.3 is 10.1 Å². The molecule has 0 spiro atoms. The fraction of sp³-hybridized carbons (Fsp3) is 0.278. The number of benzene rings is 2. The number of sulfonamides is 1. The molecule has 0 aliphatic carbocycles. The fourth-order valence-electron chi connectivity index (χ4n) is 2.38. The molecule has 0 saturated heterocycles. The molecule has 1 amide bonds. The fourth-order valence-corrected chi connectivity index (χ4v) is 3.46. The van der Waals surface area contributed by atoms with E-state index in [9.17, 15) is 23.3 Å². The molecule has 0 unspecified atom stereocenters. The van der Waals surface area contributed by atoms with Crippen molar-refractivity contribution in [2.75, 3.05) is 25.0 Å². The second kappa shape index (κ2) is 9.29. The van der Waals surface area contributed by atoms with Crippen molar-refractivity contribution in [1.29, 1.82) is 0 Å². The lowest BCUT2D eigenvalue weighted by Crippen LogP contribution is -2.25. The highest BCUT2D eigenvalue weighted by Gasteiger charge is 2.20. The minimum atomic E-state index is -4.01. The molecular weight excluding hydrogens is 386 g/mol. The van der Waals surface area contributed by atoms with E-state index in [1.54, 1.807) is 7.11 Å². The number of hydrogen-bond donors (Lipinski definition) is 2. The van der Waals surface area contributed by atoms with Gasteiger partial charge in [-0.05, 0) is 43.7 Å². The zero-order valence-electron chi connectivity index (χ0n) is 15.5. The number of ether oxygens (including phenoxy) is 1. The van der Waals surface area contributed by atoms with E-state index in [0.717, 1.165) is 6.07 Å². The summed E-state index contributed by atoms with van der Waals surface area (Å²) in [5.74, 6) is -0.278. The largest absolute Gasteiger partial charge is 0.385 e. The molecule has 0 aromatic heterocycles. The van der Waals surface area contributed by atoms with Gasteiger partial charge in [0.05, 0.1) is 9.82 Å². The molecule has 2 rings (SSSR count). The van der Waals surface area contributed by atoms with Gasteiger partial charge in [0.15, 0.2) is 0 Å². The van der Waals surface area contributed by atoms with Gasteiger partial charge in [-0.1, -0.05) is 6.07 Å². The zero-order chi connectivity index (χ0) is 20.7. The Morgan fingerprint density at radius 3 is 2.46 bits per heavy atom. The number of anilines is 1. The van der Waals surface area contributed by atoms with E-state index < -0.39 is 14.9 Å². The number of nitro groups is 1. The minimum absolute atomic E-state index is 0.218. The van der Waals surface area contributed by atoms with Crippen LogP contribution >= 0.6 is 0 Å². The van der Waals surface area contributed by atoms with Gasteiger partial charge in [-0.3, -0.25) is 19.6 Å². The number of aryl methyl sites for hydroxylation is 1. The number of hydrogen-bond acceptors (Lipinski definition) is 6. The van der Waals surface area contributed by atoms with Crippen LogP contribution in [-0.2, 0) is 14.8 Å². The summed E-state index contributed by atoms with van der Waals surface area (Å²) in [6.45, 7) is 2.53. The Morgan fingerprint density at radius 1 is 1.18 bits per heavy atom. The molecule has 0 atom stereocenters. The molecule has 0 aliphatic rings. The van der Waals surface area contributed by atoms with Crippen molar-refractivity contribution < 1.29 is 22.9 Å². The molecule has 9 nitrogen and oxygen atoms in total. The van der Waals surface area contributed by atoms with Crippen LogP contribution in [0, 0.1) is 17.0 Å². The topological polar surface area (TPSA) is 128 Å². The first kappa shape index (κ1) is 21.3. The summed E-state index contributed by atoms with van der Waals surface area (Å²) in [6.07, 6.45) is 0.683. The summed E-state index contributed by atoms with van der Waals surface area (Å²) < 4.78 is 32.2. The van der Waals surface area contributed by atoms with E-state index in [-0.39, 0.29) is 22.2 Å². The van der Waals surface area contributed by atoms with Gasteiger partial charge in [0.25, 0.3) is 21.6 Å². The summed E-state index contributed by atoms with van der Waals surface area (Å²) in [7, 11) is -2.43. The highest BCUT2D eigenvalue weighted by molar-refractivity contribution is 7.92. The van der Waals surface area contributed by atoms with Crippen molar-refractivity contribution in [2.24, 2.45) is 0 Å². The third-order valence-corrected chi connectivity index (χ3v) is 5.28. The van der Waals surface area contributed by atoms with Crippen molar-refractivity contribution in [3.8, 4) is 0 Å². The summed E-state index contributed by atoms with van der Waals surface area (Å²) in [4.78, 5) is 22.2. The third kappa shape index (κ3) is 5.51. The first-order valence-corrected chi connectivity index (χ1v) is 9.88. The maximum atomic E-state index is 12.5. The molecule has 10 heteroatoms. The molecule has 0 saturated carbocycles. The third-order valence-electron chi connectivity index (χ3n) is 3.90. The number of nitrogens with zero attached hydrogens (tertiary/aromatic N) is 1. The predicted octanol–water partition coefficient (Wildman–Crippen LogP) is 2.47. The van der Waals surface area contributed by atoms with Crippen LogP contribution in [0.3, 0.4) is 0 Å². The molecule has 2 N–H and O–H groups in total. The summed E-state index contributed by atoms with van der Waals surface area (Å²) >= 11 is 0. The lowest BCUT2D eigenvalue weighted by atomic mass is 10.2. The molecule has 2 aromatic rings. The zero-order valence-corrected chi connectivity index (χ0v) is 16.3. The number of nitrogens with one attached hydrogen (secondary N) is 2. The number of rotatable bonds is 9. The number of methoxy groups -OCH3 is 1. The van der Waals surface area contributed by atoms with Crippen LogP contribution in [0.25, 0.3) is 0 Å². The molecular formula is C18H21N3O6S. The molecule has 0 heterocycles. The van der Waals surface area contributed by atoms with Crippen molar-refractivity contribution in [3.05, 3.63) is 63.7 Å². The van der Waals surface area contributed by atoms with E-state index in [2.05, 4.69) is 10.0 Å². The number of carbonyl (C=O) groups is 1. The predicted molar refractivity (Wildman–Crippen MR) is 104 cm³/mol. The SMILES string of the molecule is COCCCNC(=O)c1ccc(NS(=O)(=O)c2ccc(C)c([N+](=O)[O-])c2)cc1. The summed E-state index contributed by atoms with van der Waals surface area (Å²) in [6, 6.07) is 9.56. The van der Waals surface area contributed by atoms with Crippen LogP contribution in [0.15, 0.2) is 47.4 Å². The summed E-state index contributed by atoms with van der Waals surface area (Å²) in [5.41, 5.74) is 0.707. The average Bonchev–Trinajstić information content (AvgIpc) is 2.65. The normalized spacial score (nSPS) is 11.1. The van der Waals surface area contributed by atoms with Crippen LogP contribution in [0.4, 0.5) is 11.4 Å². The maximum Gasteiger partial charge on any atom is 0.273 e. The first-order valence-electron chi connectivity index (χ1n) is 8.39. The van der Waals surface area contributed by atoms with Crippen molar-refractivity contribution in [3.63, 3.8) is 0 Å². The van der Waals surface area contributed by atoms with E-state index in [4.69, 9.17) is 4.74 Å².